The molecule has 1 amide bonds. The number of fused-ring (bicyclic) bond motifs is 1. The zero-order valence-corrected chi connectivity index (χ0v) is 19.3. The fourth-order valence-corrected chi connectivity index (χ4v) is 4.45. The highest BCUT2D eigenvalue weighted by atomic mass is 79.9. The third-order valence-electron chi connectivity index (χ3n) is 5.39. The third kappa shape index (κ3) is 4.11. The van der Waals surface area contributed by atoms with Crippen molar-refractivity contribution < 1.29 is 14.6 Å². The van der Waals surface area contributed by atoms with E-state index in [0.29, 0.717) is 28.9 Å². The van der Waals surface area contributed by atoms with Crippen LogP contribution in [0.1, 0.15) is 45.2 Å². The number of carbonyl (C=O) groups is 1. The molecule has 1 fully saturated rings. The summed E-state index contributed by atoms with van der Waals surface area (Å²) in [6.07, 6.45) is 6.12. The van der Waals surface area contributed by atoms with E-state index >= 15 is 0 Å². The topological polar surface area (TPSA) is 135 Å². The lowest BCUT2D eigenvalue weighted by atomic mass is 9.90. The number of ether oxygens (including phenoxy) is 1. The number of H-pyrrole nitrogens is 1. The predicted molar refractivity (Wildman–Crippen MR) is 118 cm³/mol. The molecule has 2 atom stereocenters. The van der Waals surface area contributed by atoms with E-state index in [1.54, 1.807) is 28.0 Å². The normalized spacial score (nSPS) is 19.7. The van der Waals surface area contributed by atoms with Crippen molar-refractivity contribution in [3.8, 4) is 11.1 Å². The van der Waals surface area contributed by atoms with E-state index in [2.05, 4.69) is 31.2 Å². The first-order valence-corrected chi connectivity index (χ1v) is 10.9. The molecule has 11 heteroatoms. The first kappa shape index (κ1) is 21.6. The summed E-state index contributed by atoms with van der Waals surface area (Å²) in [5.74, 6) is 0.354. The standard InChI is InChI=1S/C20H26BrN7O3/c1-20(2,3)31-19(30)27-9-11(4-5-13(27)10-29)16-15(21)17(22)28-18(26-16)14(8-25-28)12-6-23-24-7-12/h6-8,11,13,29H,4-5,9-10,22H2,1-3H3,(H,23,24)/t11-,13-/m0/s1. The number of nitrogens with one attached hydrogen (secondary N) is 1. The van der Waals surface area contributed by atoms with Crippen molar-refractivity contribution >= 4 is 33.5 Å². The molecule has 4 heterocycles. The van der Waals surface area contributed by atoms with Gasteiger partial charge in [-0.25, -0.2) is 9.78 Å². The van der Waals surface area contributed by atoms with Crippen molar-refractivity contribution in [1.82, 2.24) is 29.7 Å². The molecule has 1 saturated heterocycles. The number of aliphatic hydroxyl groups is 1. The third-order valence-corrected chi connectivity index (χ3v) is 6.20. The minimum atomic E-state index is -0.622. The average Bonchev–Trinajstić information content (AvgIpc) is 3.38. The Hall–Kier alpha value is -2.66. The lowest BCUT2D eigenvalue weighted by Crippen LogP contribution is -2.49. The second-order valence-corrected chi connectivity index (χ2v) is 9.51. The molecule has 4 N–H and O–H groups in total. The average molecular weight is 492 g/mol. The Kier molecular flexibility index (Phi) is 5.65. The van der Waals surface area contributed by atoms with Crippen LogP contribution in [0, 0.1) is 0 Å². The maximum Gasteiger partial charge on any atom is 0.410 e. The molecule has 0 unspecified atom stereocenters. The van der Waals surface area contributed by atoms with Gasteiger partial charge in [0.1, 0.15) is 11.4 Å². The molecule has 0 aliphatic carbocycles. The van der Waals surface area contributed by atoms with Crippen LogP contribution in [0.5, 0.6) is 0 Å². The Bertz CT molecular complexity index is 1090. The number of rotatable bonds is 3. The number of likely N-dealkylation sites (tertiary alicyclic amines) is 1. The summed E-state index contributed by atoms with van der Waals surface area (Å²) in [7, 11) is 0. The van der Waals surface area contributed by atoms with E-state index < -0.39 is 11.7 Å². The van der Waals surface area contributed by atoms with Gasteiger partial charge >= 0.3 is 6.09 Å². The number of amides is 1. The summed E-state index contributed by atoms with van der Waals surface area (Å²) in [6, 6.07) is -0.289. The first-order chi connectivity index (χ1) is 14.7. The fourth-order valence-electron chi connectivity index (χ4n) is 3.87. The van der Waals surface area contributed by atoms with Crippen molar-refractivity contribution in [2.75, 3.05) is 18.9 Å². The van der Waals surface area contributed by atoms with Gasteiger partial charge in [-0.2, -0.15) is 14.7 Å². The van der Waals surface area contributed by atoms with Crippen LogP contribution in [0.2, 0.25) is 0 Å². The lowest BCUT2D eigenvalue weighted by Gasteiger charge is -2.39. The number of carbonyl (C=O) groups excluding carboxylic acids is 1. The molecule has 1 aliphatic rings. The number of nitrogens with two attached hydrogens (primary N) is 1. The SMILES string of the molecule is CC(C)(C)OC(=O)N1C[C@@H](c2nc3c(-c4cn[nH]c4)cnn3c(N)c2Br)CC[C@H]1CO. The van der Waals surface area contributed by atoms with Gasteiger partial charge < -0.3 is 20.5 Å². The lowest BCUT2D eigenvalue weighted by molar-refractivity contribution is -0.00122. The highest BCUT2D eigenvalue weighted by molar-refractivity contribution is 9.10. The molecule has 0 bridgehead atoms. The molecule has 0 aromatic carbocycles. The molecule has 0 radical (unpaired) electrons. The number of aromatic nitrogens is 5. The number of halogens is 1. The Morgan fingerprint density at radius 1 is 1.39 bits per heavy atom. The van der Waals surface area contributed by atoms with E-state index in [4.69, 9.17) is 15.5 Å². The van der Waals surface area contributed by atoms with Gasteiger partial charge in [-0.05, 0) is 49.5 Å². The van der Waals surface area contributed by atoms with Gasteiger partial charge in [0.25, 0.3) is 0 Å². The van der Waals surface area contributed by atoms with Gasteiger partial charge in [0.05, 0.1) is 35.2 Å². The molecule has 10 nitrogen and oxygen atoms in total. The van der Waals surface area contributed by atoms with E-state index in [1.165, 1.54) is 0 Å². The molecule has 31 heavy (non-hydrogen) atoms. The molecule has 3 aromatic rings. The molecule has 0 spiro atoms. The van der Waals surface area contributed by atoms with Crippen LogP contribution in [0.4, 0.5) is 10.6 Å². The Morgan fingerprint density at radius 2 is 2.16 bits per heavy atom. The monoisotopic (exact) mass is 491 g/mol. The van der Waals surface area contributed by atoms with E-state index in [9.17, 15) is 9.90 Å². The van der Waals surface area contributed by atoms with Crippen LogP contribution in [0.3, 0.4) is 0 Å². The number of nitrogen functional groups attached to an aromatic ring is 1. The van der Waals surface area contributed by atoms with Crippen molar-refractivity contribution in [2.45, 2.75) is 51.2 Å². The largest absolute Gasteiger partial charge is 0.444 e. The van der Waals surface area contributed by atoms with Crippen molar-refractivity contribution in [2.24, 2.45) is 0 Å². The van der Waals surface area contributed by atoms with Gasteiger partial charge in [-0.3, -0.25) is 5.10 Å². The second-order valence-electron chi connectivity index (χ2n) is 8.72. The molecule has 1 aliphatic heterocycles. The van der Waals surface area contributed by atoms with Gasteiger partial charge in [-0.1, -0.05) is 0 Å². The van der Waals surface area contributed by atoms with E-state index in [-0.39, 0.29) is 18.6 Å². The zero-order valence-electron chi connectivity index (χ0n) is 17.7. The van der Waals surface area contributed by atoms with Gasteiger partial charge in [-0.15, -0.1) is 0 Å². The molecule has 3 aromatic heterocycles. The number of aliphatic hydroxyl groups excluding tert-OH is 1. The molecular weight excluding hydrogens is 466 g/mol. The van der Waals surface area contributed by atoms with Gasteiger partial charge in [0.15, 0.2) is 5.65 Å². The van der Waals surface area contributed by atoms with Gasteiger partial charge in [0.2, 0.25) is 0 Å². The summed E-state index contributed by atoms with van der Waals surface area (Å²) in [4.78, 5) is 19.3. The van der Waals surface area contributed by atoms with Gasteiger partial charge in [0, 0.05) is 29.8 Å². The van der Waals surface area contributed by atoms with Crippen LogP contribution in [0.15, 0.2) is 23.1 Å². The minimum Gasteiger partial charge on any atom is -0.444 e. The number of aromatic amines is 1. The maximum atomic E-state index is 12.8. The maximum absolute atomic E-state index is 12.8. The summed E-state index contributed by atoms with van der Waals surface area (Å²) in [5, 5.41) is 21.0. The van der Waals surface area contributed by atoms with Crippen LogP contribution in [-0.4, -0.2) is 65.7 Å². The number of piperidine rings is 1. The molecule has 0 saturated carbocycles. The highest BCUT2D eigenvalue weighted by Crippen LogP contribution is 2.37. The second kappa shape index (κ2) is 8.12. The van der Waals surface area contributed by atoms with Crippen LogP contribution in [-0.2, 0) is 4.74 Å². The molecule has 4 rings (SSSR count). The predicted octanol–water partition coefficient (Wildman–Crippen LogP) is 2.94. The fraction of sp³-hybridized carbons (Fsp3) is 0.500. The van der Waals surface area contributed by atoms with E-state index in [1.807, 2.05) is 20.8 Å². The van der Waals surface area contributed by atoms with Crippen LogP contribution >= 0.6 is 15.9 Å². The summed E-state index contributed by atoms with van der Waals surface area (Å²) >= 11 is 3.58. The number of nitrogens with zero attached hydrogens (tertiary/aromatic N) is 5. The van der Waals surface area contributed by atoms with Crippen molar-refractivity contribution in [3.05, 3.63) is 28.8 Å². The Morgan fingerprint density at radius 3 is 2.81 bits per heavy atom. The molecule has 166 valence electrons. The summed E-state index contributed by atoms with van der Waals surface area (Å²) < 4.78 is 7.80. The minimum absolute atomic E-state index is 0.0795. The Balaban J connectivity index is 1.71. The zero-order chi connectivity index (χ0) is 22.3. The molecular formula is C20H26BrN7O3. The first-order valence-electron chi connectivity index (χ1n) is 10.1. The smallest absolute Gasteiger partial charge is 0.410 e. The van der Waals surface area contributed by atoms with Crippen LogP contribution < -0.4 is 5.73 Å². The Labute approximate surface area is 187 Å². The quantitative estimate of drug-likeness (QED) is 0.512. The van der Waals surface area contributed by atoms with Crippen molar-refractivity contribution in [1.29, 1.82) is 0 Å². The van der Waals surface area contributed by atoms with E-state index in [0.717, 1.165) is 23.2 Å². The number of anilines is 1. The van der Waals surface area contributed by atoms with Crippen LogP contribution in [0.25, 0.3) is 16.8 Å². The highest BCUT2D eigenvalue weighted by Gasteiger charge is 2.36. The summed E-state index contributed by atoms with van der Waals surface area (Å²) in [5.41, 5.74) is 8.78. The number of hydrogen-bond acceptors (Lipinski definition) is 7. The number of hydrogen-bond donors (Lipinski definition) is 3. The summed E-state index contributed by atoms with van der Waals surface area (Å²) in [6.45, 7) is 5.73. The van der Waals surface area contributed by atoms with Crippen molar-refractivity contribution in [3.63, 3.8) is 0 Å².